The summed E-state index contributed by atoms with van der Waals surface area (Å²) < 4.78 is 27.6. The van der Waals surface area contributed by atoms with Gasteiger partial charge in [0.1, 0.15) is 0 Å². The van der Waals surface area contributed by atoms with Crippen molar-refractivity contribution in [3.05, 3.63) is 0 Å². The lowest BCUT2D eigenvalue weighted by Crippen LogP contribution is -2.49. The Morgan fingerprint density at radius 2 is 2.00 bits per heavy atom. The fraction of sp³-hybridized carbons (Fsp3) is 0.889. The third-order valence-electron chi connectivity index (χ3n) is 2.72. The van der Waals surface area contributed by atoms with Crippen molar-refractivity contribution in [3.63, 3.8) is 0 Å². The smallest absolute Gasteiger partial charge is 0.308 e. The lowest BCUT2D eigenvalue weighted by Gasteiger charge is -2.28. The highest BCUT2D eigenvalue weighted by Crippen LogP contribution is 2.24. The summed E-state index contributed by atoms with van der Waals surface area (Å²) in [6.45, 7) is 1.97. The standard InChI is InChI=1S/C9H18N2O4S/c1-2-10-16(14,15)11-8-6-4-3-5-7(8)9(12)13/h7-8,10-11H,2-6H2,1H3,(H,12,13). The third kappa shape index (κ3) is 3.73. The lowest BCUT2D eigenvalue weighted by molar-refractivity contribution is -0.143. The summed E-state index contributed by atoms with van der Waals surface area (Å²) in [6.07, 6.45) is 2.83. The molecule has 0 aromatic carbocycles. The second-order valence-electron chi connectivity index (χ2n) is 3.95. The van der Waals surface area contributed by atoms with E-state index in [-0.39, 0.29) is 0 Å². The van der Waals surface area contributed by atoms with Gasteiger partial charge < -0.3 is 5.11 Å². The van der Waals surface area contributed by atoms with Crippen molar-refractivity contribution < 1.29 is 18.3 Å². The maximum Gasteiger partial charge on any atom is 0.308 e. The van der Waals surface area contributed by atoms with Crippen molar-refractivity contribution in [2.45, 2.75) is 38.6 Å². The first kappa shape index (κ1) is 13.4. The zero-order valence-corrected chi connectivity index (χ0v) is 10.1. The van der Waals surface area contributed by atoms with Crippen LogP contribution in [0.2, 0.25) is 0 Å². The average molecular weight is 250 g/mol. The summed E-state index contributed by atoms with van der Waals surface area (Å²) in [4.78, 5) is 11.0. The Balaban J connectivity index is 2.66. The monoisotopic (exact) mass is 250 g/mol. The summed E-state index contributed by atoms with van der Waals surface area (Å²) in [5.41, 5.74) is 0. The van der Waals surface area contributed by atoms with Crippen LogP contribution in [0.25, 0.3) is 0 Å². The SMILES string of the molecule is CCNS(=O)(=O)NC1CCCCC1C(=O)O. The molecule has 1 aliphatic carbocycles. The maximum absolute atomic E-state index is 11.5. The largest absolute Gasteiger partial charge is 0.481 e. The van der Waals surface area contributed by atoms with Gasteiger partial charge in [0.15, 0.2) is 0 Å². The summed E-state index contributed by atoms with van der Waals surface area (Å²) in [5, 5.41) is 8.98. The van der Waals surface area contributed by atoms with E-state index in [2.05, 4.69) is 9.44 Å². The predicted octanol–water partition coefficient (Wildman–Crippen LogP) is 0.0737. The maximum atomic E-state index is 11.5. The van der Waals surface area contributed by atoms with Gasteiger partial charge in [-0.1, -0.05) is 19.8 Å². The van der Waals surface area contributed by atoms with Crippen molar-refractivity contribution in [1.82, 2.24) is 9.44 Å². The molecule has 0 radical (unpaired) electrons. The Hall–Kier alpha value is -0.660. The van der Waals surface area contributed by atoms with Gasteiger partial charge in [-0.05, 0) is 12.8 Å². The van der Waals surface area contributed by atoms with Gasteiger partial charge in [-0.15, -0.1) is 0 Å². The fourth-order valence-electron chi connectivity index (χ4n) is 2.00. The van der Waals surface area contributed by atoms with Crippen LogP contribution >= 0.6 is 0 Å². The molecule has 16 heavy (non-hydrogen) atoms. The highest BCUT2D eigenvalue weighted by molar-refractivity contribution is 7.87. The van der Waals surface area contributed by atoms with Gasteiger partial charge in [0.2, 0.25) is 0 Å². The topological polar surface area (TPSA) is 95.5 Å². The number of carboxylic acid groups (broad SMARTS) is 1. The van der Waals surface area contributed by atoms with Crippen LogP contribution in [0.5, 0.6) is 0 Å². The number of carboxylic acids is 1. The number of hydrogen-bond acceptors (Lipinski definition) is 3. The Labute approximate surface area is 95.6 Å². The molecule has 0 amide bonds. The number of hydrogen-bond donors (Lipinski definition) is 3. The van der Waals surface area contributed by atoms with Crippen LogP contribution in [-0.4, -0.2) is 32.1 Å². The molecule has 6 nitrogen and oxygen atoms in total. The molecule has 0 aromatic heterocycles. The van der Waals surface area contributed by atoms with Crippen LogP contribution in [0.1, 0.15) is 32.6 Å². The van der Waals surface area contributed by atoms with Crippen molar-refractivity contribution in [1.29, 1.82) is 0 Å². The fourth-order valence-corrected chi connectivity index (χ4v) is 3.14. The first-order valence-corrected chi connectivity index (χ1v) is 6.94. The van der Waals surface area contributed by atoms with Crippen molar-refractivity contribution in [2.75, 3.05) is 6.54 Å². The number of carbonyl (C=O) groups is 1. The van der Waals surface area contributed by atoms with Crippen LogP contribution < -0.4 is 9.44 Å². The van der Waals surface area contributed by atoms with E-state index in [0.29, 0.717) is 19.4 Å². The Kier molecular flexibility index (Phi) is 4.69. The summed E-state index contributed by atoms with van der Waals surface area (Å²) >= 11 is 0. The zero-order valence-electron chi connectivity index (χ0n) is 9.27. The molecule has 94 valence electrons. The van der Waals surface area contributed by atoms with Crippen LogP contribution in [0.3, 0.4) is 0 Å². The van der Waals surface area contributed by atoms with Crippen LogP contribution in [0, 0.1) is 5.92 Å². The third-order valence-corrected chi connectivity index (χ3v) is 4.01. The molecule has 2 unspecified atom stereocenters. The summed E-state index contributed by atoms with van der Waals surface area (Å²) in [5.74, 6) is -1.54. The molecule has 7 heteroatoms. The predicted molar refractivity (Wildman–Crippen MR) is 59.1 cm³/mol. The molecule has 0 bridgehead atoms. The molecule has 2 atom stereocenters. The molecular formula is C9H18N2O4S. The van der Waals surface area contributed by atoms with Crippen LogP contribution in [0.15, 0.2) is 0 Å². The Bertz CT molecular complexity index is 341. The van der Waals surface area contributed by atoms with E-state index in [4.69, 9.17) is 5.11 Å². The van der Waals surface area contributed by atoms with Gasteiger partial charge in [0, 0.05) is 12.6 Å². The number of nitrogens with one attached hydrogen (secondary N) is 2. The molecule has 0 spiro atoms. The molecule has 0 aromatic rings. The molecule has 1 aliphatic rings. The van der Waals surface area contributed by atoms with Crippen molar-refractivity contribution in [3.8, 4) is 0 Å². The van der Waals surface area contributed by atoms with Crippen molar-refractivity contribution >= 4 is 16.2 Å². The van der Waals surface area contributed by atoms with E-state index in [1.165, 1.54) is 0 Å². The van der Waals surface area contributed by atoms with E-state index < -0.39 is 28.1 Å². The van der Waals surface area contributed by atoms with E-state index in [1.54, 1.807) is 6.92 Å². The molecule has 3 N–H and O–H groups in total. The van der Waals surface area contributed by atoms with Crippen LogP contribution in [-0.2, 0) is 15.0 Å². The average Bonchev–Trinajstić information content (AvgIpc) is 2.17. The first-order valence-electron chi connectivity index (χ1n) is 5.46. The minimum atomic E-state index is -3.56. The molecular weight excluding hydrogens is 232 g/mol. The second kappa shape index (κ2) is 5.60. The molecule has 0 heterocycles. The van der Waals surface area contributed by atoms with Crippen LogP contribution in [0.4, 0.5) is 0 Å². The Morgan fingerprint density at radius 3 is 2.56 bits per heavy atom. The minimum absolute atomic E-state index is 0.291. The molecule has 1 saturated carbocycles. The minimum Gasteiger partial charge on any atom is -0.481 e. The Morgan fingerprint density at radius 1 is 1.38 bits per heavy atom. The second-order valence-corrected chi connectivity index (χ2v) is 5.49. The first-order chi connectivity index (χ1) is 7.46. The van der Waals surface area contributed by atoms with Gasteiger partial charge in [-0.2, -0.15) is 13.1 Å². The summed E-state index contributed by atoms with van der Waals surface area (Å²) in [6, 6.07) is -0.490. The van der Waals surface area contributed by atoms with E-state index in [0.717, 1.165) is 12.8 Å². The van der Waals surface area contributed by atoms with Gasteiger partial charge in [-0.25, -0.2) is 4.72 Å². The van der Waals surface area contributed by atoms with E-state index in [9.17, 15) is 13.2 Å². The molecule has 0 saturated heterocycles. The lowest BCUT2D eigenvalue weighted by atomic mass is 9.85. The van der Waals surface area contributed by atoms with Gasteiger partial charge in [0.25, 0.3) is 10.2 Å². The normalized spacial score (nSPS) is 26.6. The van der Waals surface area contributed by atoms with Gasteiger partial charge in [-0.3, -0.25) is 4.79 Å². The molecule has 0 aliphatic heterocycles. The molecule has 1 rings (SSSR count). The van der Waals surface area contributed by atoms with Gasteiger partial charge >= 0.3 is 5.97 Å². The van der Waals surface area contributed by atoms with Gasteiger partial charge in [0.05, 0.1) is 5.92 Å². The highest BCUT2D eigenvalue weighted by Gasteiger charge is 2.33. The zero-order chi connectivity index (χ0) is 12.2. The van der Waals surface area contributed by atoms with E-state index in [1.807, 2.05) is 0 Å². The summed E-state index contributed by atoms with van der Waals surface area (Å²) in [7, 11) is -3.56. The van der Waals surface area contributed by atoms with Crippen molar-refractivity contribution in [2.24, 2.45) is 5.92 Å². The number of aliphatic carboxylic acids is 1. The quantitative estimate of drug-likeness (QED) is 0.643. The highest BCUT2D eigenvalue weighted by atomic mass is 32.2. The van der Waals surface area contributed by atoms with E-state index >= 15 is 0 Å². The molecule has 1 fully saturated rings. The number of rotatable bonds is 5.